The lowest BCUT2D eigenvalue weighted by molar-refractivity contribution is 0.0606. The quantitative estimate of drug-likeness (QED) is 0.814. The molecule has 1 aliphatic carbocycles. The summed E-state index contributed by atoms with van der Waals surface area (Å²) in [6.07, 6.45) is 7.67. The van der Waals surface area contributed by atoms with E-state index in [9.17, 15) is 9.90 Å². The minimum Gasteiger partial charge on any atom is -0.465 e. The molecule has 1 fully saturated rings. The molecule has 2 atom stereocenters. The van der Waals surface area contributed by atoms with Crippen molar-refractivity contribution < 1.29 is 14.6 Å². The predicted octanol–water partition coefficient (Wildman–Crippen LogP) is 2.26. The first-order valence-electron chi connectivity index (χ1n) is 7.09. The fourth-order valence-electron chi connectivity index (χ4n) is 2.74. The normalized spacial score (nSPS) is 19.6. The zero-order chi connectivity index (χ0) is 14.5. The van der Waals surface area contributed by atoms with Crippen LogP contribution in [-0.2, 0) is 4.74 Å². The van der Waals surface area contributed by atoms with E-state index in [-0.39, 0.29) is 6.04 Å². The topological polar surface area (TPSA) is 85.4 Å². The van der Waals surface area contributed by atoms with E-state index in [2.05, 4.69) is 9.72 Å². The smallest absolute Gasteiger partial charge is 0.349 e. The summed E-state index contributed by atoms with van der Waals surface area (Å²) in [6, 6.07) is -0.324. The summed E-state index contributed by atoms with van der Waals surface area (Å²) in [5.74, 6) is 0.176. The van der Waals surface area contributed by atoms with Crippen molar-refractivity contribution in [3.63, 3.8) is 0 Å². The summed E-state index contributed by atoms with van der Waals surface area (Å²) in [4.78, 5) is 15.9. The van der Waals surface area contributed by atoms with Gasteiger partial charge in [-0.05, 0) is 12.3 Å². The number of ether oxygens (including phenoxy) is 1. The second kappa shape index (κ2) is 7.15. The van der Waals surface area contributed by atoms with Gasteiger partial charge in [-0.25, -0.2) is 9.78 Å². The van der Waals surface area contributed by atoms with Crippen LogP contribution in [0.4, 0.5) is 0 Å². The largest absolute Gasteiger partial charge is 0.465 e. The van der Waals surface area contributed by atoms with Gasteiger partial charge in [0.2, 0.25) is 0 Å². The van der Waals surface area contributed by atoms with Crippen LogP contribution in [0.1, 0.15) is 59.3 Å². The second-order valence-electron chi connectivity index (χ2n) is 5.40. The molecule has 112 valence electrons. The van der Waals surface area contributed by atoms with Crippen molar-refractivity contribution in [3.8, 4) is 0 Å². The maximum Gasteiger partial charge on any atom is 0.349 e. The van der Waals surface area contributed by atoms with Crippen molar-refractivity contribution in [2.75, 3.05) is 7.11 Å². The molecule has 1 aromatic rings. The monoisotopic (exact) mass is 298 g/mol. The molecular formula is C14H22N2O3S. The zero-order valence-electron chi connectivity index (χ0n) is 11.7. The highest BCUT2D eigenvalue weighted by molar-refractivity contribution is 7.13. The number of hydrogen-bond acceptors (Lipinski definition) is 6. The van der Waals surface area contributed by atoms with Gasteiger partial charge in [-0.15, -0.1) is 11.3 Å². The Morgan fingerprint density at radius 2 is 2.25 bits per heavy atom. The molecule has 20 heavy (non-hydrogen) atoms. The van der Waals surface area contributed by atoms with E-state index in [1.54, 1.807) is 0 Å². The molecule has 6 heteroatoms. The lowest BCUT2D eigenvalue weighted by atomic mass is 9.84. The molecule has 0 aromatic carbocycles. The number of nitrogens with zero attached hydrogens (tertiary/aromatic N) is 1. The Kier molecular flexibility index (Phi) is 5.51. The number of aromatic nitrogens is 1. The first kappa shape index (κ1) is 15.4. The van der Waals surface area contributed by atoms with Crippen LogP contribution >= 0.6 is 11.3 Å². The van der Waals surface area contributed by atoms with Crippen LogP contribution in [0, 0.1) is 5.92 Å². The number of aliphatic hydroxyl groups excluding tert-OH is 1. The van der Waals surface area contributed by atoms with Crippen LogP contribution < -0.4 is 5.73 Å². The van der Waals surface area contributed by atoms with E-state index in [4.69, 9.17) is 5.73 Å². The van der Waals surface area contributed by atoms with Crippen LogP contribution in [-0.4, -0.2) is 29.2 Å². The number of esters is 1. The molecule has 0 saturated heterocycles. The molecule has 1 saturated carbocycles. The Labute approximate surface area is 123 Å². The lowest BCUT2D eigenvalue weighted by Gasteiger charge is -2.26. The van der Waals surface area contributed by atoms with E-state index in [0.29, 0.717) is 15.8 Å². The third-order valence-electron chi connectivity index (χ3n) is 3.90. The van der Waals surface area contributed by atoms with Crippen molar-refractivity contribution in [1.82, 2.24) is 4.98 Å². The third kappa shape index (κ3) is 3.77. The van der Waals surface area contributed by atoms with Crippen LogP contribution in [0.2, 0.25) is 0 Å². The molecule has 0 spiro atoms. The number of thiazole rings is 1. The van der Waals surface area contributed by atoms with E-state index >= 15 is 0 Å². The predicted molar refractivity (Wildman–Crippen MR) is 77.6 cm³/mol. The van der Waals surface area contributed by atoms with Gasteiger partial charge in [0, 0.05) is 6.04 Å². The van der Waals surface area contributed by atoms with Gasteiger partial charge in [0.25, 0.3) is 0 Å². The molecule has 1 aromatic heterocycles. The number of nitrogens with two attached hydrogens (primary N) is 1. The Morgan fingerprint density at radius 1 is 1.55 bits per heavy atom. The van der Waals surface area contributed by atoms with Gasteiger partial charge in [0.1, 0.15) is 16.0 Å². The molecule has 0 radical (unpaired) electrons. The third-order valence-corrected chi connectivity index (χ3v) is 4.95. The van der Waals surface area contributed by atoms with Crippen molar-refractivity contribution in [3.05, 3.63) is 16.1 Å². The molecular weight excluding hydrogens is 276 g/mol. The summed E-state index contributed by atoms with van der Waals surface area (Å²) < 4.78 is 4.63. The average Bonchev–Trinajstić information content (AvgIpc) is 2.96. The summed E-state index contributed by atoms with van der Waals surface area (Å²) in [7, 11) is 1.33. The van der Waals surface area contributed by atoms with Crippen LogP contribution in [0.15, 0.2) is 6.20 Å². The van der Waals surface area contributed by atoms with Gasteiger partial charge in [-0.1, -0.05) is 32.1 Å². The molecule has 1 aliphatic rings. The van der Waals surface area contributed by atoms with Crippen LogP contribution in [0.3, 0.4) is 0 Å². The van der Waals surface area contributed by atoms with E-state index in [1.807, 2.05) is 0 Å². The maximum atomic E-state index is 11.4. The van der Waals surface area contributed by atoms with Gasteiger partial charge >= 0.3 is 5.97 Å². The van der Waals surface area contributed by atoms with Gasteiger partial charge in [-0.3, -0.25) is 0 Å². The fourth-order valence-corrected chi connectivity index (χ4v) is 3.64. The van der Waals surface area contributed by atoms with E-state index < -0.39 is 12.1 Å². The molecule has 0 amide bonds. The molecule has 0 aliphatic heterocycles. The summed E-state index contributed by atoms with van der Waals surface area (Å²) in [5.41, 5.74) is 6.10. The fraction of sp³-hybridized carbons (Fsp3) is 0.714. The SMILES string of the molecule is COC(=O)c1cnc([C@H](O)[C@@H](N)CC2CCCCC2)s1. The summed E-state index contributed by atoms with van der Waals surface area (Å²) >= 11 is 1.15. The molecule has 3 N–H and O–H groups in total. The molecule has 1 heterocycles. The van der Waals surface area contributed by atoms with Gasteiger partial charge < -0.3 is 15.6 Å². The summed E-state index contributed by atoms with van der Waals surface area (Å²) in [5, 5.41) is 10.8. The Morgan fingerprint density at radius 3 is 2.90 bits per heavy atom. The number of rotatable bonds is 5. The minimum atomic E-state index is -0.805. The van der Waals surface area contributed by atoms with Gasteiger partial charge in [0.05, 0.1) is 13.3 Å². The molecule has 5 nitrogen and oxygen atoms in total. The average molecular weight is 298 g/mol. The van der Waals surface area contributed by atoms with Gasteiger partial charge in [0.15, 0.2) is 0 Å². The minimum absolute atomic E-state index is 0.324. The second-order valence-corrected chi connectivity index (χ2v) is 6.46. The maximum absolute atomic E-state index is 11.4. The number of hydrogen-bond donors (Lipinski definition) is 2. The molecule has 0 unspecified atom stereocenters. The van der Waals surface area contributed by atoms with E-state index in [0.717, 1.165) is 17.8 Å². The summed E-state index contributed by atoms with van der Waals surface area (Å²) in [6.45, 7) is 0. The first-order chi connectivity index (χ1) is 9.61. The van der Waals surface area contributed by atoms with Gasteiger partial charge in [-0.2, -0.15) is 0 Å². The van der Waals surface area contributed by atoms with Crippen molar-refractivity contribution >= 4 is 17.3 Å². The van der Waals surface area contributed by atoms with Crippen LogP contribution in [0.5, 0.6) is 0 Å². The number of methoxy groups -OCH3 is 1. The lowest BCUT2D eigenvalue weighted by Crippen LogP contribution is -2.31. The van der Waals surface area contributed by atoms with E-state index in [1.165, 1.54) is 45.4 Å². The highest BCUT2D eigenvalue weighted by Crippen LogP contribution is 2.31. The Balaban J connectivity index is 1.93. The molecule has 2 rings (SSSR count). The number of carbonyl (C=O) groups is 1. The van der Waals surface area contributed by atoms with Crippen LogP contribution in [0.25, 0.3) is 0 Å². The standard InChI is InChI=1S/C14H22N2O3S/c1-19-14(18)11-8-16-13(20-11)12(17)10(15)7-9-5-3-2-4-6-9/h8-10,12,17H,2-7,15H2,1H3/t10-,12+/m0/s1. The van der Waals surface area contributed by atoms with Crippen molar-refractivity contribution in [2.45, 2.75) is 50.7 Å². The highest BCUT2D eigenvalue weighted by atomic mass is 32.1. The first-order valence-corrected chi connectivity index (χ1v) is 7.91. The highest BCUT2D eigenvalue weighted by Gasteiger charge is 2.25. The van der Waals surface area contributed by atoms with Crippen molar-refractivity contribution in [1.29, 1.82) is 0 Å². The number of carbonyl (C=O) groups excluding carboxylic acids is 1. The zero-order valence-corrected chi connectivity index (χ0v) is 12.6. The Hall–Kier alpha value is -0.980. The number of aliphatic hydroxyl groups is 1. The van der Waals surface area contributed by atoms with Crippen molar-refractivity contribution in [2.24, 2.45) is 11.7 Å². The molecule has 0 bridgehead atoms. The Bertz CT molecular complexity index is 443.